The topological polar surface area (TPSA) is 101 Å². The molecule has 0 saturated carbocycles. The van der Waals surface area contributed by atoms with Crippen molar-refractivity contribution in [2.75, 3.05) is 17.2 Å². The molecule has 41 heavy (non-hydrogen) atoms. The standard InChI is InChI=1S/C33H30N6O2/c1-39-28(18-21-36-39)32(40)38-30(29(23-8-4-2-5-9-23)24-10-6-3-7-11-24)33(41)37-25-14-12-22(13-15-25)26-16-19-34-31-27(26)17-20-35-31/h2-16,18-19,21,29-30H,17,20H2,1H3,(H,34,35)(H,37,41)(H,38,40)/t30-/m0/s1. The Morgan fingerprint density at radius 1 is 0.854 bits per heavy atom. The summed E-state index contributed by atoms with van der Waals surface area (Å²) < 4.78 is 1.49. The Labute approximate surface area is 238 Å². The molecule has 3 heterocycles. The predicted molar refractivity (Wildman–Crippen MR) is 160 cm³/mol. The summed E-state index contributed by atoms with van der Waals surface area (Å²) in [6, 6.07) is 30.1. The number of amides is 2. The van der Waals surface area contributed by atoms with Crippen molar-refractivity contribution in [2.24, 2.45) is 7.05 Å². The van der Waals surface area contributed by atoms with E-state index in [4.69, 9.17) is 0 Å². The van der Waals surface area contributed by atoms with E-state index < -0.39 is 12.0 Å². The zero-order valence-electron chi connectivity index (χ0n) is 22.6. The van der Waals surface area contributed by atoms with Gasteiger partial charge in [-0.2, -0.15) is 5.10 Å². The monoisotopic (exact) mass is 542 g/mol. The molecule has 0 fully saturated rings. The molecule has 0 saturated heterocycles. The molecule has 0 aliphatic carbocycles. The Balaban J connectivity index is 1.32. The Morgan fingerprint density at radius 2 is 1.54 bits per heavy atom. The highest BCUT2D eigenvalue weighted by molar-refractivity contribution is 6.01. The van der Waals surface area contributed by atoms with Gasteiger partial charge in [0.05, 0.1) is 0 Å². The van der Waals surface area contributed by atoms with E-state index in [9.17, 15) is 9.59 Å². The van der Waals surface area contributed by atoms with E-state index in [1.54, 1.807) is 19.3 Å². The van der Waals surface area contributed by atoms with Crippen molar-refractivity contribution in [3.05, 3.63) is 132 Å². The lowest BCUT2D eigenvalue weighted by atomic mass is 9.84. The van der Waals surface area contributed by atoms with Gasteiger partial charge in [-0.1, -0.05) is 72.8 Å². The third-order valence-corrected chi connectivity index (χ3v) is 7.46. The van der Waals surface area contributed by atoms with Crippen molar-refractivity contribution >= 4 is 23.3 Å². The zero-order chi connectivity index (χ0) is 28.2. The highest BCUT2D eigenvalue weighted by Gasteiger charge is 2.33. The van der Waals surface area contributed by atoms with Gasteiger partial charge in [0.15, 0.2) is 0 Å². The van der Waals surface area contributed by atoms with E-state index >= 15 is 0 Å². The second-order valence-corrected chi connectivity index (χ2v) is 10.0. The smallest absolute Gasteiger partial charge is 0.270 e. The first-order valence-corrected chi connectivity index (χ1v) is 13.6. The van der Waals surface area contributed by atoms with Crippen LogP contribution in [0.2, 0.25) is 0 Å². The number of nitrogens with zero attached hydrogens (tertiary/aromatic N) is 3. The van der Waals surface area contributed by atoms with E-state index in [0.717, 1.165) is 41.0 Å². The van der Waals surface area contributed by atoms with E-state index in [0.29, 0.717) is 11.4 Å². The van der Waals surface area contributed by atoms with Gasteiger partial charge in [-0.3, -0.25) is 14.3 Å². The molecule has 0 bridgehead atoms. The second kappa shape index (κ2) is 11.5. The Kier molecular flexibility index (Phi) is 7.28. The Hall–Kier alpha value is -5.24. The van der Waals surface area contributed by atoms with Crippen LogP contribution < -0.4 is 16.0 Å². The van der Waals surface area contributed by atoms with Crippen LogP contribution in [0.25, 0.3) is 11.1 Å². The summed E-state index contributed by atoms with van der Waals surface area (Å²) >= 11 is 0. The van der Waals surface area contributed by atoms with Gasteiger partial charge in [0.2, 0.25) is 5.91 Å². The van der Waals surface area contributed by atoms with Crippen LogP contribution in [0, 0.1) is 0 Å². The van der Waals surface area contributed by atoms with Crippen molar-refractivity contribution in [2.45, 2.75) is 18.4 Å². The van der Waals surface area contributed by atoms with Crippen LogP contribution in [0.1, 0.15) is 33.1 Å². The number of pyridine rings is 1. The molecule has 3 aromatic carbocycles. The van der Waals surface area contributed by atoms with Gasteiger partial charge in [0, 0.05) is 43.2 Å². The quantitative estimate of drug-likeness (QED) is 0.256. The minimum absolute atomic E-state index is 0.319. The second-order valence-electron chi connectivity index (χ2n) is 10.0. The van der Waals surface area contributed by atoms with Gasteiger partial charge in [-0.15, -0.1) is 0 Å². The minimum atomic E-state index is -0.906. The molecule has 0 spiro atoms. The number of benzene rings is 3. The lowest BCUT2D eigenvalue weighted by Gasteiger charge is -2.28. The summed E-state index contributed by atoms with van der Waals surface area (Å²) in [5.41, 5.74) is 6.23. The lowest BCUT2D eigenvalue weighted by Crippen LogP contribution is -2.48. The maximum atomic E-state index is 14.0. The molecule has 8 heteroatoms. The van der Waals surface area contributed by atoms with E-state index in [1.165, 1.54) is 10.2 Å². The van der Waals surface area contributed by atoms with Gasteiger partial charge < -0.3 is 16.0 Å². The first-order chi connectivity index (χ1) is 20.1. The molecule has 1 aliphatic heterocycles. The Morgan fingerprint density at radius 3 is 2.17 bits per heavy atom. The number of nitrogens with one attached hydrogen (secondary N) is 3. The number of rotatable bonds is 8. The number of fused-ring (bicyclic) bond motifs is 1. The molecule has 3 N–H and O–H groups in total. The molecular formula is C33H30N6O2. The third-order valence-electron chi connectivity index (χ3n) is 7.46. The highest BCUT2D eigenvalue weighted by atomic mass is 16.2. The van der Waals surface area contributed by atoms with Crippen molar-refractivity contribution in [3.8, 4) is 11.1 Å². The molecule has 5 aromatic rings. The normalized spacial score (nSPS) is 12.8. The number of carbonyl (C=O) groups excluding carboxylic acids is 2. The van der Waals surface area contributed by atoms with Crippen LogP contribution in [-0.2, 0) is 18.3 Å². The highest BCUT2D eigenvalue weighted by Crippen LogP contribution is 2.32. The van der Waals surface area contributed by atoms with Crippen LogP contribution in [-0.4, -0.2) is 39.2 Å². The van der Waals surface area contributed by atoms with Crippen molar-refractivity contribution in [3.63, 3.8) is 0 Å². The molecule has 6 rings (SSSR count). The van der Waals surface area contributed by atoms with Gasteiger partial charge >= 0.3 is 0 Å². The fraction of sp³-hybridized carbons (Fsp3) is 0.152. The molecule has 0 unspecified atom stereocenters. The molecule has 0 radical (unpaired) electrons. The average molecular weight is 543 g/mol. The first kappa shape index (κ1) is 26.0. The average Bonchev–Trinajstić information content (AvgIpc) is 3.67. The number of hydrogen-bond donors (Lipinski definition) is 3. The number of aromatic nitrogens is 3. The Bertz CT molecular complexity index is 1630. The lowest BCUT2D eigenvalue weighted by molar-refractivity contribution is -0.118. The summed E-state index contributed by atoms with van der Waals surface area (Å²) in [5.74, 6) is -0.196. The minimum Gasteiger partial charge on any atom is -0.369 e. The third kappa shape index (κ3) is 5.45. The van der Waals surface area contributed by atoms with E-state index in [1.807, 2.05) is 97.2 Å². The molecular weight excluding hydrogens is 512 g/mol. The largest absolute Gasteiger partial charge is 0.369 e. The van der Waals surface area contributed by atoms with Crippen LogP contribution in [0.4, 0.5) is 11.5 Å². The summed E-state index contributed by atoms with van der Waals surface area (Å²) in [7, 11) is 1.70. The van der Waals surface area contributed by atoms with Crippen LogP contribution in [0.15, 0.2) is 109 Å². The van der Waals surface area contributed by atoms with Crippen molar-refractivity contribution in [1.29, 1.82) is 0 Å². The van der Waals surface area contributed by atoms with Gasteiger partial charge in [0.25, 0.3) is 5.91 Å². The molecule has 1 aliphatic rings. The van der Waals surface area contributed by atoms with E-state index in [2.05, 4.69) is 26.0 Å². The summed E-state index contributed by atoms with van der Waals surface area (Å²) in [6.07, 6.45) is 4.30. The molecule has 2 aromatic heterocycles. The van der Waals surface area contributed by atoms with Crippen LogP contribution >= 0.6 is 0 Å². The van der Waals surface area contributed by atoms with Gasteiger partial charge in [-0.05, 0) is 52.9 Å². The van der Waals surface area contributed by atoms with Crippen LogP contribution in [0.5, 0.6) is 0 Å². The molecule has 1 atom stereocenters. The fourth-order valence-corrected chi connectivity index (χ4v) is 5.44. The molecule has 2 amide bonds. The van der Waals surface area contributed by atoms with Crippen molar-refractivity contribution < 1.29 is 9.59 Å². The molecule has 8 nitrogen and oxygen atoms in total. The SMILES string of the molecule is Cn1nccc1C(=O)N[C@H](C(=O)Nc1ccc(-c2ccnc3c2CCN3)cc1)C(c1ccccc1)c1ccccc1. The van der Waals surface area contributed by atoms with Crippen LogP contribution in [0.3, 0.4) is 0 Å². The summed E-state index contributed by atoms with van der Waals surface area (Å²) in [4.78, 5) is 31.9. The zero-order valence-corrected chi connectivity index (χ0v) is 22.6. The number of hydrogen-bond acceptors (Lipinski definition) is 5. The van der Waals surface area contributed by atoms with Crippen molar-refractivity contribution in [1.82, 2.24) is 20.1 Å². The first-order valence-electron chi connectivity index (χ1n) is 13.6. The summed E-state index contributed by atoms with van der Waals surface area (Å²) in [5, 5.41) is 13.5. The fourth-order valence-electron chi connectivity index (χ4n) is 5.44. The number of anilines is 2. The number of carbonyl (C=O) groups is 2. The maximum absolute atomic E-state index is 14.0. The summed E-state index contributed by atoms with van der Waals surface area (Å²) in [6.45, 7) is 0.878. The number of aryl methyl sites for hydroxylation is 1. The van der Waals surface area contributed by atoms with E-state index in [-0.39, 0.29) is 11.8 Å². The van der Waals surface area contributed by atoms with Gasteiger partial charge in [0.1, 0.15) is 17.6 Å². The van der Waals surface area contributed by atoms with Gasteiger partial charge in [-0.25, -0.2) is 4.98 Å². The maximum Gasteiger partial charge on any atom is 0.270 e. The molecule has 204 valence electrons. The predicted octanol–water partition coefficient (Wildman–Crippen LogP) is 5.02.